The molecule has 1 aromatic rings. The van der Waals surface area contributed by atoms with E-state index in [2.05, 4.69) is 10.6 Å². The molecule has 6 heteroatoms. The zero-order valence-corrected chi connectivity index (χ0v) is 14.6. The second kappa shape index (κ2) is 7.25. The fraction of sp³-hybridized carbons (Fsp3) is 0.526. The number of imide groups is 1. The highest BCUT2D eigenvalue weighted by molar-refractivity contribution is 6.07. The Bertz CT molecular complexity index is 680. The molecule has 0 bridgehead atoms. The van der Waals surface area contributed by atoms with Crippen LogP contribution in [-0.4, -0.2) is 34.8 Å². The second-order valence-electron chi connectivity index (χ2n) is 6.84. The molecule has 0 aromatic heterocycles. The molecule has 1 aliphatic heterocycles. The van der Waals surface area contributed by atoms with E-state index in [9.17, 15) is 14.4 Å². The third kappa shape index (κ3) is 3.52. The Morgan fingerprint density at radius 2 is 1.92 bits per heavy atom. The molecule has 25 heavy (non-hydrogen) atoms. The Morgan fingerprint density at radius 3 is 2.64 bits per heavy atom. The van der Waals surface area contributed by atoms with Crippen molar-refractivity contribution in [1.82, 2.24) is 10.2 Å². The van der Waals surface area contributed by atoms with Crippen molar-refractivity contribution in [1.29, 1.82) is 0 Å². The quantitative estimate of drug-likeness (QED) is 0.807. The lowest BCUT2D eigenvalue weighted by Gasteiger charge is -2.30. The first-order valence-corrected chi connectivity index (χ1v) is 9.07. The molecule has 6 nitrogen and oxygen atoms in total. The number of nitrogens with zero attached hydrogens (tertiary/aromatic N) is 1. The summed E-state index contributed by atoms with van der Waals surface area (Å²) in [4.78, 5) is 38.3. The number of benzene rings is 1. The number of anilines is 1. The Balaban J connectivity index is 1.58. The number of para-hydroxylation sites is 1. The molecular weight excluding hydrogens is 318 g/mol. The average molecular weight is 343 g/mol. The topological polar surface area (TPSA) is 78.5 Å². The van der Waals surface area contributed by atoms with E-state index in [0.29, 0.717) is 12.8 Å². The molecule has 1 saturated carbocycles. The third-order valence-corrected chi connectivity index (χ3v) is 5.19. The van der Waals surface area contributed by atoms with E-state index in [1.807, 2.05) is 31.2 Å². The third-order valence-electron chi connectivity index (χ3n) is 5.19. The van der Waals surface area contributed by atoms with Crippen LogP contribution < -0.4 is 10.6 Å². The van der Waals surface area contributed by atoms with Gasteiger partial charge in [-0.05, 0) is 30.9 Å². The lowest BCUT2D eigenvalue weighted by molar-refractivity contribution is -0.132. The zero-order valence-electron chi connectivity index (χ0n) is 14.6. The lowest BCUT2D eigenvalue weighted by atomic mass is 9.82. The van der Waals surface area contributed by atoms with Crippen molar-refractivity contribution < 1.29 is 14.4 Å². The van der Waals surface area contributed by atoms with Gasteiger partial charge in [0.2, 0.25) is 5.91 Å². The van der Waals surface area contributed by atoms with E-state index in [-0.39, 0.29) is 30.8 Å². The van der Waals surface area contributed by atoms with Crippen molar-refractivity contribution in [3.05, 3.63) is 29.8 Å². The van der Waals surface area contributed by atoms with E-state index in [1.54, 1.807) is 0 Å². The zero-order chi connectivity index (χ0) is 17.9. The number of rotatable bonds is 5. The Hall–Kier alpha value is -2.37. The Labute approximate surface area is 148 Å². The van der Waals surface area contributed by atoms with E-state index in [0.717, 1.165) is 36.9 Å². The fourth-order valence-electron chi connectivity index (χ4n) is 3.75. The van der Waals surface area contributed by atoms with Gasteiger partial charge in [0.15, 0.2) is 0 Å². The molecule has 1 heterocycles. The summed E-state index contributed by atoms with van der Waals surface area (Å²) in [5, 5.41) is 5.74. The second-order valence-corrected chi connectivity index (χ2v) is 6.84. The average Bonchev–Trinajstić information content (AvgIpc) is 2.84. The molecule has 2 N–H and O–H groups in total. The predicted octanol–water partition coefficient (Wildman–Crippen LogP) is 2.83. The van der Waals surface area contributed by atoms with Gasteiger partial charge in [0.25, 0.3) is 5.91 Å². The first-order chi connectivity index (χ1) is 12.1. The molecule has 0 atom stereocenters. The SMILES string of the molecule is CCc1ccccc1NC(=O)CCN1C(=O)NC2(CCCCC2)C1=O. The number of urea groups is 1. The van der Waals surface area contributed by atoms with Gasteiger partial charge in [-0.15, -0.1) is 0 Å². The van der Waals surface area contributed by atoms with Crippen LogP contribution in [0.5, 0.6) is 0 Å². The van der Waals surface area contributed by atoms with Crippen molar-refractivity contribution in [2.45, 2.75) is 57.4 Å². The van der Waals surface area contributed by atoms with Gasteiger partial charge in [-0.3, -0.25) is 14.5 Å². The van der Waals surface area contributed by atoms with Crippen LogP contribution in [0.4, 0.5) is 10.5 Å². The van der Waals surface area contributed by atoms with Gasteiger partial charge in [-0.1, -0.05) is 44.4 Å². The maximum Gasteiger partial charge on any atom is 0.325 e. The molecule has 0 radical (unpaired) electrons. The van der Waals surface area contributed by atoms with Crippen molar-refractivity contribution in [3.63, 3.8) is 0 Å². The van der Waals surface area contributed by atoms with Crippen LogP contribution in [0, 0.1) is 0 Å². The summed E-state index contributed by atoms with van der Waals surface area (Å²) >= 11 is 0. The van der Waals surface area contributed by atoms with Gasteiger partial charge < -0.3 is 10.6 Å². The lowest BCUT2D eigenvalue weighted by Crippen LogP contribution is -2.48. The van der Waals surface area contributed by atoms with Crippen molar-refractivity contribution in [2.75, 3.05) is 11.9 Å². The number of aryl methyl sites for hydroxylation is 1. The maximum atomic E-state index is 12.7. The first-order valence-electron chi connectivity index (χ1n) is 9.07. The minimum atomic E-state index is -0.722. The number of nitrogens with one attached hydrogen (secondary N) is 2. The fourth-order valence-corrected chi connectivity index (χ4v) is 3.75. The normalized spacial score (nSPS) is 19.2. The summed E-state index contributed by atoms with van der Waals surface area (Å²) in [6.45, 7) is 2.15. The first kappa shape index (κ1) is 17.5. The molecule has 0 unspecified atom stereocenters. The van der Waals surface area contributed by atoms with Crippen LogP contribution in [0.3, 0.4) is 0 Å². The van der Waals surface area contributed by atoms with E-state index < -0.39 is 5.54 Å². The minimum Gasteiger partial charge on any atom is -0.326 e. The number of amides is 4. The van der Waals surface area contributed by atoms with Crippen molar-refractivity contribution in [3.8, 4) is 0 Å². The van der Waals surface area contributed by atoms with Gasteiger partial charge in [0.1, 0.15) is 5.54 Å². The highest BCUT2D eigenvalue weighted by atomic mass is 16.2. The summed E-state index contributed by atoms with van der Waals surface area (Å²) in [5.41, 5.74) is 1.13. The highest BCUT2D eigenvalue weighted by Crippen LogP contribution is 2.33. The van der Waals surface area contributed by atoms with Gasteiger partial charge in [-0.25, -0.2) is 4.79 Å². The summed E-state index contributed by atoms with van der Waals surface area (Å²) in [5.74, 6) is -0.356. The van der Waals surface area contributed by atoms with Crippen LogP contribution in [0.2, 0.25) is 0 Å². The summed E-state index contributed by atoms with van der Waals surface area (Å²) in [6, 6.07) is 7.28. The van der Waals surface area contributed by atoms with Gasteiger partial charge in [0, 0.05) is 18.7 Å². The molecular formula is C19H25N3O3. The van der Waals surface area contributed by atoms with E-state index >= 15 is 0 Å². The molecule has 1 aromatic carbocycles. The standard InChI is InChI=1S/C19H25N3O3/c1-2-14-8-4-5-9-15(14)20-16(23)10-13-22-17(24)19(21-18(22)25)11-6-3-7-12-19/h4-5,8-9H,2-3,6-7,10-13H2,1H3,(H,20,23)(H,21,25). The monoisotopic (exact) mass is 343 g/mol. The van der Waals surface area contributed by atoms with Gasteiger partial charge in [-0.2, -0.15) is 0 Å². The molecule has 1 aliphatic carbocycles. The van der Waals surface area contributed by atoms with Crippen LogP contribution in [0.15, 0.2) is 24.3 Å². The molecule has 2 aliphatic rings. The maximum absolute atomic E-state index is 12.7. The largest absolute Gasteiger partial charge is 0.326 e. The van der Waals surface area contributed by atoms with Crippen molar-refractivity contribution >= 4 is 23.5 Å². The summed E-state index contributed by atoms with van der Waals surface area (Å²) in [6.07, 6.45) is 5.33. The van der Waals surface area contributed by atoms with Crippen LogP contribution in [0.25, 0.3) is 0 Å². The number of carbonyl (C=O) groups excluding carboxylic acids is 3. The number of hydrogen-bond acceptors (Lipinski definition) is 3. The molecule has 134 valence electrons. The van der Waals surface area contributed by atoms with Crippen molar-refractivity contribution in [2.24, 2.45) is 0 Å². The van der Waals surface area contributed by atoms with Crippen LogP contribution >= 0.6 is 0 Å². The Morgan fingerprint density at radius 1 is 1.20 bits per heavy atom. The molecule has 2 fully saturated rings. The summed E-state index contributed by atoms with van der Waals surface area (Å²) in [7, 11) is 0. The highest BCUT2D eigenvalue weighted by Gasteiger charge is 2.50. The van der Waals surface area contributed by atoms with Crippen LogP contribution in [0.1, 0.15) is 51.0 Å². The van der Waals surface area contributed by atoms with E-state index in [4.69, 9.17) is 0 Å². The Kier molecular flexibility index (Phi) is 5.06. The van der Waals surface area contributed by atoms with Gasteiger partial charge >= 0.3 is 6.03 Å². The minimum absolute atomic E-state index is 0.104. The van der Waals surface area contributed by atoms with E-state index in [1.165, 1.54) is 4.90 Å². The summed E-state index contributed by atoms with van der Waals surface area (Å²) < 4.78 is 0. The van der Waals surface area contributed by atoms with Crippen LogP contribution in [-0.2, 0) is 16.0 Å². The molecule has 4 amide bonds. The molecule has 3 rings (SSSR count). The smallest absolute Gasteiger partial charge is 0.325 e. The number of carbonyl (C=O) groups is 3. The molecule has 1 spiro atoms. The molecule has 1 saturated heterocycles. The number of hydrogen-bond donors (Lipinski definition) is 2. The predicted molar refractivity (Wildman–Crippen MR) is 95.1 cm³/mol. The van der Waals surface area contributed by atoms with Gasteiger partial charge in [0.05, 0.1) is 0 Å².